The molecule has 4 heteroatoms. The van der Waals surface area contributed by atoms with Gasteiger partial charge in [0.1, 0.15) is 5.75 Å². The number of carbonyl (C=O) groups is 1. The van der Waals surface area contributed by atoms with Crippen LogP contribution in [0, 0.1) is 0 Å². The van der Waals surface area contributed by atoms with E-state index in [2.05, 4.69) is 17.4 Å². The van der Waals surface area contributed by atoms with Gasteiger partial charge in [0.2, 0.25) is 0 Å². The summed E-state index contributed by atoms with van der Waals surface area (Å²) in [6.45, 7) is 3.81. The molecule has 0 saturated heterocycles. The number of amides is 1. The van der Waals surface area contributed by atoms with Crippen LogP contribution < -0.4 is 15.6 Å². The molecule has 0 unspecified atom stereocenters. The molecule has 3 aromatic rings. The molecule has 0 heterocycles. The van der Waals surface area contributed by atoms with Gasteiger partial charge < -0.3 is 4.74 Å². The molecule has 0 aromatic heterocycles. The molecule has 1 amide bonds. The first kappa shape index (κ1) is 15.6. The molecular formula is C20H18N2O2. The van der Waals surface area contributed by atoms with E-state index >= 15 is 0 Å². The fourth-order valence-corrected chi connectivity index (χ4v) is 2.36. The van der Waals surface area contributed by atoms with Crippen molar-refractivity contribution >= 4 is 22.4 Å². The zero-order chi connectivity index (χ0) is 16.8. The first-order valence-corrected chi connectivity index (χ1v) is 7.64. The summed E-state index contributed by atoms with van der Waals surface area (Å²) in [5, 5.41) is 2.06. The Bertz CT molecular complexity index is 854. The maximum Gasteiger partial charge on any atom is 0.276 e. The maximum absolute atomic E-state index is 11.9. The highest BCUT2D eigenvalue weighted by atomic mass is 16.5. The highest BCUT2D eigenvalue weighted by Gasteiger charge is 2.06. The fourth-order valence-electron chi connectivity index (χ4n) is 2.36. The molecule has 0 fully saturated rings. The van der Waals surface area contributed by atoms with Gasteiger partial charge in [-0.15, -0.1) is 0 Å². The lowest BCUT2D eigenvalue weighted by molar-refractivity contribution is -0.123. The van der Waals surface area contributed by atoms with Crippen molar-refractivity contribution < 1.29 is 9.53 Å². The van der Waals surface area contributed by atoms with Crippen LogP contribution in [0.25, 0.3) is 16.5 Å². The van der Waals surface area contributed by atoms with Gasteiger partial charge in [-0.2, -0.15) is 0 Å². The van der Waals surface area contributed by atoms with E-state index in [-0.39, 0.29) is 12.5 Å². The van der Waals surface area contributed by atoms with Crippen molar-refractivity contribution in [2.75, 3.05) is 6.61 Å². The predicted molar refractivity (Wildman–Crippen MR) is 96.2 cm³/mol. The third-order valence-electron chi connectivity index (χ3n) is 3.58. The highest BCUT2D eigenvalue weighted by molar-refractivity contribution is 5.88. The average Bonchev–Trinajstić information content (AvgIpc) is 2.65. The van der Waals surface area contributed by atoms with Crippen molar-refractivity contribution in [2.45, 2.75) is 0 Å². The Morgan fingerprint density at radius 3 is 2.42 bits per heavy atom. The van der Waals surface area contributed by atoms with Crippen LogP contribution in [0.3, 0.4) is 0 Å². The summed E-state index contributed by atoms with van der Waals surface area (Å²) in [4.78, 5) is 11.9. The number of hydrazine groups is 1. The lowest BCUT2D eigenvalue weighted by Crippen LogP contribution is -2.38. The summed E-state index contributed by atoms with van der Waals surface area (Å²) in [7, 11) is 0. The van der Waals surface area contributed by atoms with Gasteiger partial charge in [0.05, 0.1) is 5.70 Å². The molecule has 3 aromatic carbocycles. The first-order chi connectivity index (χ1) is 11.7. The van der Waals surface area contributed by atoms with Gasteiger partial charge in [-0.05, 0) is 17.0 Å². The standard InChI is InChI=1S/C20H18N2O2/c1-15(16-8-3-2-4-9-16)21-22-20(23)14-24-19-13-7-11-17-10-5-6-12-18(17)19/h2-13,21H,1,14H2,(H,22,23). The Labute approximate surface area is 140 Å². The van der Waals surface area contributed by atoms with Crippen molar-refractivity contribution in [3.8, 4) is 5.75 Å². The molecule has 4 nitrogen and oxygen atoms in total. The second kappa shape index (κ2) is 7.33. The van der Waals surface area contributed by atoms with E-state index in [1.807, 2.05) is 72.8 Å². The SMILES string of the molecule is C=C(NNC(=O)COc1cccc2ccccc12)c1ccccc1. The number of hydrogen-bond acceptors (Lipinski definition) is 3. The topological polar surface area (TPSA) is 50.4 Å². The molecule has 0 spiro atoms. The van der Waals surface area contributed by atoms with Crippen LogP contribution in [-0.4, -0.2) is 12.5 Å². The average molecular weight is 318 g/mol. The number of benzene rings is 3. The minimum Gasteiger partial charge on any atom is -0.483 e. The van der Waals surface area contributed by atoms with Gasteiger partial charge in [0.25, 0.3) is 5.91 Å². The third kappa shape index (κ3) is 3.73. The Balaban J connectivity index is 1.55. The normalized spacial score (nSPS) is 10.2. The summed E-state index contributed by atoms with van der Waals surface area (Å²) < 4.78 is 5.64. The largest absolute Gasteiger partial charge is 0.483 e. The van der Waals surface area contributed by atoms with Crippen molar-refractivity contribution in [2.24, 2.45) is 0 Å². The van der Waals surface area contributed by atoms with Crippen LogP contribution in [0.1, 0.15) is 5.56 Å². The zero-order valence-corrected chi connectivity index (χ0v) is 13.2. The smallest absolute Gasteiger partial charge is 0.276 e. The fraction of sp³-hybridized carbons (Fsp3) is 0.0500. The summed E-state index contributed by atoms with van der Waals surface area (Å²) >= 11 is 0. The predicted octanol–water partition coefficient (Wildman–Crippen LogP) is 3.51. The molecule has 0 aliphatic heterocycles. The molecule has 0 bridgehead atoms. The van der Waals surface area contributed by atoms with Crippen LogP contribution in [0.4, 0.5) is 0 Å². The van der Waals surface area contributed by atoms with Crippen molar-refractivity contribution in [3.63, 3.8) is 0 Å². The monoisotopic (exact) mass is 318 g/mol. The van der Waals surface area contributed by atoms with Crippen molar-refractivity contribution in [3.05, 3.63) is 84.9 Å². The van der Waals surface area contributed by atoms with Gasteiger partial charge in [0, 0.05) is 5.39 Å². The van der Waals surface area contributed by atoms with E-state index in [0.29, 0.717) is 11.4 Å². The third-order valence-corrected chi connectivity index (χ3v) is 3.58. The Morgan fingerprint density at radius 2 is 1.58 bits per heavy atom. The van der Waals surface area contributed by atoms with Crippen LogP contribution in [0.5, 0.6) is 5.75 Å². The van der Waals surface area contributed by atoms with E-state index < -0.39 is 0 Å². The lowest BCUT2D eigenvalue weighted by atomic mass is 10.1. The molecule has 24 heavy (non-hydrogen) atoms. The minimum absolute atomic E-state index is 0.0803. The second-order valence-electron chi connectivity index (χ2n) is 5.28. The number of ether oxygens (including phenoxy) is 1. The number of hydrogen-bond donors (Lipinski definition) is 2. The molecular weight excluding hydrogens is 300 g/mol. The van der Waals surface area contributed by atoms with E-state index in [9.17, 15) is 4.79 Å². The van der Waals surface area contributed by atoms with Gasteiger partial charge in [-0.1, -0.05) is 73.3 Å². The molecule has 120 valence electrons. The summed E-state index contributed by atoms with van der Waals surface area (Å²) in [6, 6.07) is 23.2. The molecule has 0 aliphatic rings. The number of rotatable bonds is 6. The van der Waals surface area contributed by atoms with Crippen LogP contribution in [0.15, 0.2) is 79.4 Å². The number of carbonyl (C=O) groups excluding carboxylic acids is 1. The maximum atomic E-state index is 11.9. The second-order valence-corrected chi connectivity index (χ2v) is 5.28. The first-order valence-electron chi connectivity index (χ1n) is 7.64. The number of nitrogens with one attached hydrogen (secondary N) is 2. The Hall–Kier alpha value is -3.27. The van der Waals surface area contributed by atoms with Crippen LogP contribution in [0.2, 0.25) is 0 Å². The zero-order valence-electron chi connectivity index (χ0n) is 13.2. The van der Waals surface area contributed by atoms with Gasteiger partial charge in [-0.25, -0.2) is 0 Å². The van der Waals surface area contributed by atoms with Crippen LogP contribution >= 0.6 is 0 Å². The van der Waals surface area contributed by atoms with Gasteiger partial charge in [-0.3, -0.25) is 15.6 Å². The van der Waals surface area contributed by atoms with E-state index in [1.165, 1.54) is 0 Å². The van der Waals surface area contributed by atoms with E-state index in [0.717, 1.165) is 16.3 Å². The Morgan fingerprint density at radius 1 is 0.875 bits per heavy atom. The highest BCUT2D eigenvalue weighted by Crippen LogP contribution is 2.24. The number of fused-ring (bicyclic) bond motifs is 1. The minimum atomic E-state index is -0.278. The lowest BCUT2D eigenvalue weighted by Gasteiger charge is -2.12. The summed E-state index contributed by atoms with van der Waals surface area (Å²) in [6.07, 6.45) is 0. The van der Waals surface area contributed by atoms with Gasteiger partial charge >= 0.3 is 0 Å². The van der Waals surface area contributed by atoms with Crippen molar-refractivity contribution in [1.29, 1.82) is 0 Å². The summed E-state index contributed by atoms with van der Waals surface area (Å²) in [5.41, 5.74) is 6.91. The molecule has 2 N–H and O–H groups in total. The molecule has 3 rings (SSSR count). The molecule has 0 radical (unpaired) electrons. The van der Waals surface area contributed by atoms with E-state index in [4.69, 9.17) is 4.74 Å². The molecule has 0 atom stereocenters. The van der Waals surface area contributed by atoms with Crippen LogP contribution in [-0.2, 0) is 4.79 Å². The van der Waals surface area contributed by atoms with E-state index in [1.54, 1.807) is 0 Å². The quantitative estimate of drug-likeness (QED) is 0.684. The summed E-state index contributed by atoms with van der Waals surface area (Å²) in [5.74, 6) is 0.408. The molecule has 0 aliphatic carbocycles. The van der Waals surface area contributed by atoms with Crippen molar-refractivity contribution in [1.82, 2.24) is 10.9 Å². The Kier molecular flexibility index (Phi) is 4.77. The van der Waals surface area contributed by atoms with Gasteiger partial charge in [0.15, 0.2) is 6.61 Å². The molecule has 0 saturated carbocycles.